The lowest BCUT2D eigenvalue weighted by Crippen LogP contribution is -2.67. The average Bonchev–Trinajstić information content (AvgIpc) is 2.87. The second-order valence-corrected chi connectivity index (χ2v) is 7.66. The molecule has 1 heterocycles. The summed E-state index contributed by atoms with van der Waals surface area (Å²) in [7, 11) is 6.11. The summed E-state index contributed by atoms with van der Waals surface area (Å²) >= 11 is 0. The van der Waals surface area contributed by atoms with Crippen molar-refractivity contribution < 1.29 is 28.5 Å². The van der Waals surface area contributed by atoms with E-state index in [-0.39, 0.29) is 12.3 Å². The molecular weight excluding hydrogens is 436 g/mol. The van der Waals surface area contributed by atoms with Crippen LogP contribution in [0.25, 0.3) is 0 Å². The summed E-state index contributed by atoms with van der Waals surface area (Å²) in [6.45, 7) is 0. The molecule has 3 aromatic carbocycles. The van der Waals surface area contributed by atoms with Crippen molar-refractivity contribution in [3.8, 4) is 23.0 Å². The minimum atomic E-state index is -1.36. The minimum absolute atomic E-state index is 0.0402. The molecule has 1 N–H and O–H groups in total. The number of amides is 2. The van der Waals surface area contributed by atoms with E-state index in [4.69, 9.17) is 18.9 Å². The maximum Gasteiger partial charge on any atom is 0.256 e. The Morgan fingerprint density at radius 1 is 0.794 bits per heavy atom. The quantitative estimate of drug-likeness (QED) is 0.510. The summed E-state index contributed by atoms with van der Waals surface area (Å²) in [5.74, 6) is 1.34. The Labute approximate surface area is 198 Å². The van der Waals surface area contributed by atoms with Crippen LogP contribution in [0.15, 0.2) is 66.7 Å². The highest BCUT2D eigenvalue weighted by atomic mass is 16.5. The molecule has 1 aliphatic rings. The number of carbonyl (C=O) groups excluding carboxylic acids is 2. The van der Waals surface area contributed by atoms with Gasteiger partial charge in [0.2, 0.25) is 5.91 Å². The number of hydrogen-bond donors (Lipinski definition) is 1. The van der Waals surface area contributed by atoms with Gasteiger partial charge in [-0.1, -0.05) is 30.3 Å². The molecule has 0 aliphatic carbocycles. The zero-order chi connectivity index (χ0) is 24.3. The van der Waals surface area contributed by atoms with Crippen molar-refractivity contribution in [2.24, 2.45) is 0 Å². The Hall–Kier alpha value is -4.20. The van der Waals surface area contributed by atoms with Gasteiger partial charge in [-0.3, -0.25) is 14.5 Å². The van der Waals surface area contributed by atoms with Gasteiger partial charge in [0, 0.05) is 0 Å². The Morgan fingerprint density at radius 2 is 1.41 bits per heavy atom. The van der Waals surface area contributed by atoms with Crippen molar-refractivity contribution in [1.29, 1.82) is 0 Å². The van der Waals surface area contributed by atoms with Gasteiger partial charge in [0.1, 0.15) is 11.5 Å². The molecule has 176 valence electrons. The number of β-lactam (4-membered cyclic amide) rings is 1. The first-order valence-electron chi connectivity index (χ1n) is 10.6. The predicted octanol–water partition coefficient (Wildman–Crippen LogP) is 3.99. The molecule has 1 atom stereocenters. The number of methoxy groups -OCH3 is 4. The van der Waals surface area contributed by atoms with Crippen molar-refractivity contribution in [1.82, 2.24) is 0 Å². The lowest BCUT2D eigenvalue weighted by molar-refractivity contribution is -0.137. The van der Waals surface area contributed by atoms with E-state index in [1.54, 1.807) is 60.7 Å². The van der Waals surface area contributed by atoms with Gasteiger partial charge in [-0.15, -0.1) is 0 Å². The topological polar surface area (TPSA) is 86.3 Å². The Bertz CT molecular complexity index is 1230. The molecule has 0 saturated carbocycles. The summed E-state index contributed by atoms with van der Waals surface area (Å²) in [4.78, 5) is 28.5. The highest BCUT2D eigenvalue weighted by Crippen LogP contribution is 2.50. The monoisotopic (exact) mass is 462 g/mol. The summed E-state index contributed by atoms with van der Waals surface area (Å²) < 4.78 is 21.8. The Morgan fingerprint density at radius 3 is 2.06 bits per heavy atom. The van der Waals surface area contributed by atoms with E-state index in [1.807, 2.05) is 6.07 Å². The van der Waals surface area contributed by atoms with Crippen molar-refractivity contribution in [3.05, 3.63) is 72.3 Å². The summed E-state index contributed by atoms with van der Waals surface area (Å²) in [5, 5.41) is 2.96. The number of rotatable bonds is 8. The van der Waals surface area contributed by atoms with Crippen molar-refractivity contribution in [2.75, 3.05) is 38.7 Å². The second kappa shape index (κ2) is 9.35. The van der Waals surface area contributed by atoms with E-state index in [9.17, 15) is 9.59 Å². The predicted molar refractivity (Wildman–Crippen MR) is 128 cm³/mol. The lowest BCUT2D eigenvalue weighted by Gasteiger charge is -2.51. The zero-order valence-corrected chi connectivity index (χ0v) is 19.5. The third kappa shape index (κ3) is 3.67. The van der Waals surface area contributed by atoms with Gasteiger partial charge in [-0.25, -0.2) is 0 Å². The molecule has 3 aromatic rings. The summed E-state index contributed by atoms with van der Waals surface area (Å²) in [6, 6.07) is 19.4. The smallest absolute Gasteiger partial charge is 0.256 e. The van der Waals surface area contributed by atoms with Crippen LogP contribution in [-0.2, 0) is 15.1 Å². The highest BCUT2D eigenvalue weighted by molar-refractivity contribution is 6.17. The highest BCUT2D eigenvalue weighted by Gasteiger charge is 2.59. The van der Waals surface area contributed by atoms with Gasteiger partial charge in [0.25, 0.3) is 5.91 Å². The van der Waals surface area contributed by atoms with Crippen LogP contribution >= 0.6 is 0 Å². The number of nitrogens with zero attached hydrogens (tertiary/aromatic N) is 1. The van der Waals surface area contributed by atoms with E-state index < -0.39 is 11.4 Å². The number of carbonyl (C=O) groups is 2. The van der Waals surface area contributed by atoms with Crippen LogP contribution < -0.4 is 29.2 Å². The normalized spacial score (nSPS) is 16.9. The fourth-order valence-electron chi connectivity index (χ4n) is 4.26. The van der Waals surface area contributed by atoms with Crippen LogP contribution in [0, 0.1) is 0 Å². The minimum Gasteiger partial charge on any atom is -0.495 e. The molecule has 34 heavy (non-hydrogen) atoms. The van der Waals surface area contributed by atoms with Crippen LogP contribution in [0.5, 0.6) is 23.0 Å². The first kappa shape index (κ1) is 23.0. The largest absolute Gasteiger partial charge is 0.495 e. The van der Waals surface area contributed by atoms with Crippen molar-refractivity contribution in [2.45, 2.75) is 12.0 Å². The summed E-state index contributed by atoms with van der Waals surface area (Å²) in [6.07, 6.45) is -0.0402. The molecular formula is C26H26N2O6. The molecule has 0 aromatic heterocycles. The first-order valence-corrected chi connectivity index (χ1v) is 10.6. The molecule has 0 radical (unpaired) electrons. The fourth-order valence-corrected chi connectivity index (χ4v) is 4.26. The van der Waals surface area contributed by atoms with Crippen LogP contribution in [0.1, 0.15) is 12.0 Å². The molecule has 0 bridgehead atoms. The second-order valence-electron chi connectivity index (χ2n) is 7.66. The number of anilines is 2. The molecule has 8 nitrogen and oxygen atoms in total. The third-order valence-corrected chi connectivity index (χ3v) is 5.96. The van der Waals surface area contributed by atoms with Crippen molar-refractivity contribution >= 4 is 23.2 Å². The Kier molecular flexibility index (Phi) is 6.32. The van der Waals surface area contributed by atoms with E-state index >= 15 is 0 Å². The van der Waals surface area contributed by atoms with Crippen LogP contribution in [-0.4, -0.2) is 40.3 Å². The molecule has 1 aliphatic heterocycles. The van der Waals surface area contributed by atoms with E-state index in [0.717, 1.165) is 0 Å². The third-order valence-electron chi connectivity index (χ3n) is 5.96. The van der Waals surface area contributed by atoms with Crippen LogP contribution in [0.2, 0.25) is 0 Å². The molecule has 2 amide bonds. The van der Waals surface area contributed by atoms with Gasteiger partial charge in [0.05, 0.1) is 46.2 Å². The maximum atomic E-state index is 14.0. The molecule has 8 heteroatoms. The summed E-state index contributed by atoms with van der Waals surface area (Å²) in [5.41, 5.74) is 0.204. The van der Waals surface area contributed by atoms with Gasteiger partial charge in [-0.2, -0.15) is 0 Å². The molecule has 0 spiro atoms. The van der Waals surface area contributed by atoms with Crippen molar-refractivity contribution in [3.63, 3.8) is 0 Å². The first-order chi connectivity index (χ1) is 16.5. The standard InChI is InChI=1S/C26H26N2O6/c1-31-20-11-7-5-9-18(20)27-25(30)26(17-13-14-22(33-3)23(15-17)34-4)16-24(29)28(26)19-10-6-8-12-21(19)32-2/h5-15H,16H2,1-4H3,(H,27,30). The number of hydrogen-bond acceptors (Lipinski definition) is 6. The molecule has 1 unspecified atom stereocenters. The van der Waals surface area contributed by atoms with Gasteiger partial charge in [0.15, 0.2) is 17.0 Å². The van der Waals surface area contributed by atoms with Gasteiger partial charge >= 0.3 is 0 Å². The molecule has 1 fully saturated rings. The average molecular weight is 463 g/mol. The van der Waals surface area contributed by atoms with Gasteiger partial charge < -0.3 is 24.3 Å². The zero-order valence-electron chi connectivity index (χ0n) is 19.5. The molecule has 1 saturated heterocycles. The number of para-hydroxylation sites is 4. The number of ether oxygens (including phenoxy) is 4. The van der Waals surface area contributed by atoms with E-state index in [2.05, 4.69) is 5.32 Å². The van der Waals surface area contributed by atoms with E-state index in [0.29, 0.717) is 39.9 Å². The van der Waals surface area contributed by atoms with Crippen LogP contribution in [0.3, 0.4) is 0 Å². The molecule has 4 rings (SSSR count). The number of nitrogens with one attached hydrogen (secondary N) is 1. The van der Waals surface area contributed by atoms with Gasteiger partial charge in [-0.05, 0) is 42.0 Å². The number of benzene rings is 3. The Balaban J connectivity index is 1.88. The SMILES string of the molecule is COc1ccccc1NC(=O)C1(c2ccc(OC)c(OC)c2)CC(=O)N1c1ccccc1OC. The lowest BCUT2D eigenvalue weighted by atomic mass is 9.75. The van der Waals surface area contributed by atoms with Crippen LogP contribution in [0.4, 0.5) is 11.4 Å². The maximum absolute atomic E-state index is 14.0. The van der Waals surface area contributed by atoms with E-state index in [1.165, 1.54) is 33.3 Å². The fraction of sp³-hybridized carbons (Fsp3) is 0.231.